The molecule has 2 rings (SSSR count). The number of carbonyl (C=O) groups excluding carboxylic acids is 1. The van der Waals surface area contributed by atoms with Crippen molar-refractivity contribution in [1.29, 1.82) is 0 Å². The predicted octanol–water partition coefficient (Wildman–Crippen LogP) is 3.20. The Morgan fingerprint density at radius 2 is 2.11 bits per heavy atom. The number of benzene rings is 1. The Bertz CT molecular complexity index is 418. The van der Waals surface area contributed by atoms with Crippen molar-refractivity contribution in [3.8, 4) is 5.75 Å². The summed E-state index contributed by atoms with van der Waals surface area (Å²) < 4.78 is 18.8. The zero-order chi connectivity index (χ0) is 13.8. The normalized spacial score (nSPS) is 19.7. The van der Waals surface area contributed by atoms with Crippen molar-refractivity contribution in [2.45, 2.75) is 45.8 Å². The van der Waals surface area contributed by atoms with Gasteiger partial charge in [-0.1, -0.05) is 19.9 Å². The predicted molar refractivity (Wildman–Crippen MR) is 69.0 cm³/mol. The molecule has 1 heterocycles. The van der Waals surface area contributed by atoms with E-state index in [0.717, 1.165) is 5.56 Å². The minimum Gasteiger partial charge on any atom is -0.487 e. The Morgan fingerprint density at radius 1 is 1.44 bits per heavy atom. The summed E-state index contributed by atoms with van der Waals surface area (Å²) in [5.74, 6) is 0.178. The molecule has 0 fully saturated rings. The summed E-state index contributed by atoms with van der Waals surface area (Å²) in [6.07, 6.45) is 1.34. The fraction of sp³-hybridized carbons (Fsp3) is 0.500. The van der Waals surface area contributed by atoms with Gasteiger partial charge >= 0.3 is 0 Å². The fourth-order valence-corrected chi connectivity index (χ4v) is 2.06. The second-order valence-electron chi connectivity index (χ2n) is 4.59. The van der Waals surface area contributed by atoms with Gasteiger partial charge in [0.05, 0.1) is 6.04 Å². The summed E-state index contributed by atoms with van der Waals surface area (Å²) in [5.41, 5.74) is 0.425. The SMILES string of the molecule is CC.CC1(C)CC(NC=O)c2ccc(F)cc2O1. The van der Waals surface area contributed by atoms with Crippen molar-refractivity contribution in [3.05, 3.63) is 29.6 Å². The minimum atomic E-state index is -0.401. The van der Waals surface area contributed by atoms with Gasteiger partial charge in [0.25, 0.3) is 0 Å². The molecule has 0 saturated heterocycles. The lowest BCUT2D eigenvalue weighted by atomic mass is 9.90. The van der Waals surface area contributed by atoms with Gasteiger partial charge in [-0.05, 0) is 19.9 Å². The van der Waals surface area contributed by atoms with Crippen LogP contribution < -0.4 is 10.1 Å². The average Bonchev–Trinajstić information content (AvgIpc) is 2.30. The van der Waals surface area contributed by atoms with Crippen LogP contribution in [0.5, 0.6) is 5.75 Å². The molecule has 1 aromatic carbocycles. The summed E-state index contributed by atoms with van der Waals surface area (Å²) in [4.78, 5) is 10.5. The first-order valence-electron chi connectivity index (χ1n) is 6.20. The number of carbonyl (C=O) groups is 1. The Morgan fingerprint density at radius 3 is 2.72 bits per heavy atom. The summed E-state index contributed by atoms with van der Waals surface area (Å²) in [7, 11) is 0. The number of nitrogens with one attached hydrogen (secondary N) is 1. The van der Waals surface area contributed by atoms with E-state index >= 15 is 0 Å². The van der Waals surface area contributed by atoms with E-state index in [-0.39, 0.29) is 11.9 Å². The fourth-order valence-electron chi connectivity index (χ4n) is 2.06. The Balaban J connectivity index is 0.000000771. The quantitative estimate of drug-likeness (QED) is 0.822. The molecule has 0 radical (unpaired) electrons. The zero-order valence-electron chi connectivity index (χ0n) is 11.3. The molecule has 1 amide bonds. The highest BCUT2D eigenvalue weighted by molar-refractivity contribution is 5.50. The van der Waals surface area contributed by atoms with Crippen LogP contribution in [-0.4, -0.2) is 12.0 Å². The van der Waals surface area contributed by atoms with E-state index in [1.54, 1.807) is 6.07 Å². The lowest BCUT2D eigenvalue weighted by Crippen LogP contribution is -2.39. The number of ether oxygens (including phenoxy) is 1. The second kappa shape index (κ2) is 5.85. The van der Waals surface area contributed by atoms with E-state index in [9.17, 15) is 9.18 Å². The molecule has 4 heteroatoms. The van der Waals surface area contributed by atoms with Gasteiger partial charge in [-0.15, -0.1) is 0 Å². The Hall–Kier alpha value is -1.58. The number of hydrogen-bond donors (Lipinski definition) is 1. The smallest absolute Gasteiger partial charge is 0.207 e. The van der Waals surface area contributed by atoms with Gasteiger partial charge in [0.15, 0.2) is 0 Å². The number of fused-ring (bicyclic) bond motifs is 1. The van der Waals surface area contributed by atoms with Crippen molar-refractivity contribution < 1.29 is 13.9 Å². The molecule has 1 aliphatic rings. The van der Waals surface area contributed by atoms with Crippen LogP contribution in [0.1, 0.15) is 45.7 Å². The van der Waals surface area contributed by atoms with E-state index in [1.807, 2.05) is 27.7 Å². The summed E-state index contributed by atoms with van der Waals surface area (Å²) in [5, 5.41) is 2.73. The average molecular weight is 253 g/mol. The molecule has 0 saturated carbocycles. The maximum atomic E-state index is 13.1. The highest BCUT2D eigenvalue weighted by Crippen LogP contribution is 2.39. The van der Waals surface area contributed by atoms with Crippen LogP contribution in [0.2, 0.25) is 0 Å². The van der Waals surface area contributed by atoms with Gasteiger partial charge in [0.1, 0.15) is 17.2 Å². The van der Waals surface area contributed by atoms with Crippen molar-refractivity contribution >= 4 is 6.41 Å². The molecule has 18 heavy (non-hydrogen) atoms. The largest absolute Gasteiger partial charge is 0.487 e. The molecule has 100 valence electrons. The number of amides is 1. The molecular weight excluding hydrogens is 233 g/mol. The van der Waals surface area contributed by atoms with Gasteiger partial charge in [-0.3, -0.25) is 4.79 Å². The first kappa shape index (κ1) is 14.5. The van der Waals surface area contributed by atoms with E-state index in [1.165, 1.54) is 12.1 Å². The van der Waals surface area contributed by atoms with Crippen molar-refractivity contribution in [3.63, 3.8) is 0 Å². The lowest BCUT2D eigenvalue weighted by Gasteiger charge is -2.37. The molecule has 1 aromatic rings. The molecule has 3 nitrogen and oxygen atoms in total. The van der Waals surface area contributed by atoms with Gasteiger partial charge in [0, 0.05) is 18.1 Å². The van der Waals surface area contributed by atoms with Crippen molar-refractivity contribution in [2.75, 3.05) is 0 Å². The summed E-state index contributed by atoms with van der Waals surface area (Å²) >= 11 is 0. The molecule has 1 atom stereocenters. The molecule has 0 bridgehead atoms. The van der Waals surface area contributed by atoms with Crippen LogP contribution in [0.15, 0.2) is 18.2 Å². The van der Waals surface area contributed by atoms with Crippen LogP contribution in [0.25, 0.3) is 0 Å². The van der Waals surface area contributed by atoms with Gasteiger partial charge in [-0.25, -0.2) is 4.39 Å². The van der Waals surface area contributed by atoms with E-state index in [0.29, 0.717) is 18.6 Å². The highest BCUT2D eigenvalue weighted by Gasteiger charge is 2.33. The summed E-state index contributed by atoms with van der Waals surface area (Å²) in [6, 6.07) is 4.27. The molecule has 1 N–H and O–H groups in total. The van der Waals surface area contributed by atoms with E-state index in [4.69, 9.17) is 4.74 Å². The van der Waals surface area contributed by atoms with E-state index < -0.39 is 5.60 Å². The van der Waals surface area contributed by atoms with Crippen LogP contribution >= 0.6 is 0 Å². The van der Waals surface area contributed by atoms with Crippen molar-refractivity contribution in [1.82, 2.24) is 5.32 Å². The number of rotatable bonds is 2. The van der Waals surface area contributed by atoms with Crippen LogP contribution in [0, 0.1) is 5.82 Å². The molecule has 1 aliphatic heterocycles. The molecule has 0 spiro atoms. The molecule has 0 aliphatic carbocycles. The van der Waals surface area contributed by atoms with Gasteiger partial charge < -0.3 is 10.1 Å². The monoisotopic (exact) mass is 253 g/mol. The first-order valence-corrected chi connectivity index (χ1v) is 6.20. The molecule has 1 unspecified atom stereocenters. The van der Waals surface area contributed by atoms with Gasteiger partial charge in [-0.2, -0.15) is 0 Å². The second-order valence-corrected chi connectivity index (χ2v) is 4.59. The third-order valence-corrected chi connectivity index (χ3v) is 2.70. The summed E-state index contributed by atoms with van der Waals surface area (Å²) in [6.45, 7) is 7.83. The lowest BCUT2D eigenvalue weighted by molar-refractivity contribution is -0.110. The van der Waals surface area contributed by atoms with Crippen molar-refractivity contribution in [2.24, 2.45) is 0 Å². The van der Waals surface area contributed by atoms with Crippen LogP contribution in [0.4, 0.5) is 4.39 Å². The third-order valence-electron chi connectivity index (χ3n) is 2.70. The zero-order valence-corrected chi connectivity index (χ0v) is 11.3. The molecular formula is C14H20FNO2. The topological polar surface area (TPSA) is 38.3 Å². The maximum absolute atomic E-state index is 13.1. The van der Waals surface area contributed by atoms with Crippen LogP contribution in [-0.2, 0) is 4.79 Å². The Labute approximate surface area is 107 Å². The number of halogens is 1. The molecule has 0 aromatic heterocycles. The van der Waals surface area contributed by atoms with E-state index in [2.05, 4.69) is 5.32 Å². The third kappa shape index (κ3) is 3.22. The Kier molecular flexibility index (Phi) is 4.70. The maximum Gasteiger partial charge on any atom is 0.207 e. The standard InChI is InChI=1S/C12H14FNO2.C2H6/c1-12(2)6-10(14-7-15)9-4-3-8(13)5-11(9)16-12;1-2/h3-5,7,10H,6H2,1-2H3,(H,14,15);1-2H3. The van der Waals surface area contributed by atoms with Crippen LogP contribution in [0.3, 0.4) is 0 Å². The first-order chi connectivity index (χ1) is 8.52. The minimum absolute atomic E-state index is 0.114. The number of hydrogen-bond acceptors (Lipinski definition) is 2. The highest BCUT2D eigenvalue weighted by atomic mass is 19.1. The van der Waals surface area contributed by atoms with Gasteiger partial charge in [0.2, 0.25) is 6.41 Å².